The Labute approximate surface area is 139 Å². The molecule has 1 unspecified atom stereocenters. The van der Waals surface area contributed by atoms with Crippen LogP contribution in [0.25, 0.3) is 0 Å². The molecule has 1 atom stereocenters. The van der Waals surface area contributed by atoms with Gasteiger partial charge in [-0.3, -0.25) is 9.69 Å². The van der Waals surface area contributed by atoms with Gasteiger partial charge in [-0.2, -0.15) is 0 Å². The first-order chi connectivity index (χ1) is 10.1. The molecule has 3 N–H and O–H groups in total. The third-order valence-corrected chi connectivity index (χ3v) is 6.04. The SMILES string of the molecule is Cc1cc(CN2CCCCC2CNC(=O)CCN)sc1Br. The monoisotopic (exact) mass is 373 g/mol. The molecule has 1 aromatic rings. The molecule has 1 aliphatic rings. The second-order valence-corrected chi connectivity index (χ2v) is 8.09. The largest absolute Gasteiger partial charge is 0.354 e. The zero-order valence-corrected chi connectivity index (χ0v) is 14.9. The number of halogens is 1. The quantitative estimate of drug-likeness (QED) is 0.805. The molecule has 0 bridgehead atoms. The Morgan fingerprint density at radius 2 is 2.38 bits per heavy atom. The van der Waals surface area contributed by atoms with Crippen molar-refractivity contribution in [1.82, 2.24) is 10.2 Å². The van der Waals surface area contributed by atoms with Crippen LogP contribution in [0.2, 0.25) is 0 Å². The van der Waals surface area contributed by atoms with Crippen LogP contribution in [0.5, 0.6) is 0 Å². The summed E-state index contributed by atoms with van der Waals surface area (Å²) < 4.78 is 1.22. The molecule has 118 valence electrons. The van der Waals surface area contributed by atoms with Gasteiger partial charge in [0.1, 0.15) is 0 Å². The lowest BCUT2D eigenvalue weighted by Crippen LogP contribution is -2.46. The van der Waals surface area contributed by atoms with E-state index in [0.717, 1.165) is 26.1 Å². The molecule has 0 aliphatic carbocycles. The summed E-state index contributed by atoms with van der Waals surface area (Å²) in [5.74, 6) is 0.0673. The second kappa shape index (κ2) is 8.27. The number of nitrogens with two attached hydrogens (primary N) is 1. The van der Waals surface area contributed by atoms with Crippen LogP contribution in [0, 0.1) is 6.92 Å². The number of rotatable bonds is 6. The Hall–Kier alpha value is -0.430. The van der Waals surface area contributed by atoms with Crippen LogP contribution in [0.15, 0.2) is 9.85 Å². The van der Waals surface area contributed by atoms with Gasteiger partial charge in [-0.1, -0.05) is 6.42 Å². The topological polar surface area (TPSA) is 58.4 Å². The van der Waals surface area contributed by atoms with E-state index >= 15 is 0 Å². The Morgan fingerprint density at radius 3 is 3.05 bits per heavy atom. The normalized spacial score (nSPS) is 19.7. The third-order valence-electron chi connectivity index (χ3n) is 3.92. The van der Waals surface area contributed by atoms with Gasteiger partial charge in [0, 0.05) is 37.0 Å². The van der Waals surface area contributed by atoms with Crippen molar-refractivity contribution in [2.75, 3.05) is 19.6 Å². The fourth-order valence-corrected chi connectivity index (χ4v) is 4.41. The van der Waals surface area contributed by atoms with Gasteiger partial charge < -0.3 is 11.1 Å². The van der Waals surface area contributed by atoms with Gasteiger partial charge in [-0.25, -0.2) is 0 Å². The molecule has 0 spiro atoms. The Bertz CT molecular complexity index is 458. The second-order valence-electron chi connectivity index (χ2n) is 5.63. The summed E-state index contributed by atoms with van der Waals surface area (Å²) in [6, 6.07) is 2.70. The number of thiophene rings is 1. The fraction of sp³-hybridized carbons (Fsp3) is 0.667. The highest BCUT2D eigenvalue weighted by atomic mass is 79.9. The summed E-state index contributed by atoms with van der Waals surface area (Å²) >= 11 is 5.41. The summed E-state index contributed by atoms with van der Waals surface area (Å²) in [4.78, 5) is 15.5. The van der Waals surface area contributed by atoms with Gasteiger partial charge in [0.25, 0.3) is 0 Å². The number of nitrogens with one attached hydrogen (secondary N) is 1. The number of carbonyl (C=O) groups is 1. The summed E-state index contributed by atoms with van der Waals surface area (Å²) in [6.07, 6.45) is 4.08. The minimum absolute atomic E-state index is 0.0673. The van der Waals surface area contributed by atoms with E-state index < -0.39 is 0 Å². The van der Waals surface area contributed by atoms with Crippen molar-refractivity contribution in [1.29, 1.82) is 0 Å². The summed E-state index contributed by atoms with van der Waals surface area (Å²) in [7, 11) is 0. The number of likely N-dealkylation sites (tertiary alicyclic amines) is 1. The molecular weight excluding hydrogens is 350 g/mol. The van der Waals surface area contributed by atoms with Crippen LogP contribution in [0.4, 0.5) is 0 Å². The van der Waals surface area contributed by atoms with Gasteiger partial charge in [0.15, 0.2) is 0 Å². The third kappa shape index (κ3) is 5.06. The molecule has 4 nitrogen and oxygen atoms in total. The fourth-order valence-electron chi connectivity index (χ4n) is 2.75. The molecule has 0 aromatic carbocycles. The number of aryl methyl sites for hydroxylation is 1. The molecule has 1 saturated heterocycles. The van der Waals surface area contributed by atoms with Crippen molar-refractivity contribution in [2.24, 2.45) is 5.73 Å². The van der Waals surface area contributed by atoms with Gasteiger partial charge in [-0.15, -0.1) is 11.3 Å². The zero-order chi connectivity index (χ0) is 15.2. The molecule has 0 radical (unpaired) electrons. The molecule has 0 saturated carbocycles. The summed E-state index contributed by atoms with van der Waals surface area (Å²) in [5, 5.41) is 3.02. The maximum Gasteiger partial charge on any atom is 0.221 e. The molecule has 6 heteroatoms. The smallest absolute Gasteiger partial charge is 0.221 e. The first-order valence-electron chi connectivity index (χ1n) is 7.55. The van der Waals surface area contributed by atoms with Crippen LogP contribution < -0.4 is 11.1 Å². The predicted molar refractivity (Wildman–Crippen MR) is 91.5 cm³/mol. The summed E-state index contributed by atoms with van der Waals surface area (Å²) in [6.45, 7) is 5.39. The van der Waals surface area contributed by atoms with Crippen molar-refractivity contribution < 1.29 is 4.79 Å². The number of hydrogen-bond acceptors (Lipinski definition) is 4. The Morgan fingerprint density at radius 1 is 1.57 bits per heavy atom. The van der Waals surface area contributed by atoms with E-state index in [1.165, 1.54) is 27.1 Å². The molecule has 1 aliphatic heterocycles. The zero-order valence-electron chi connectivity index (χ0n) is 12.5. The lowest BCUT2D eigenvalue weighted by Gasteiger charge is -2.35. The van der Waals surface area contributed by atoms with Crippen molar-refractivity contribution in [3.63, 3.8) is 0 Å². The number of nitrogens with zero attached hydrogens (tertiary/aromatic N) is 1. The lowest BCUT2D eigenvalue weighted by atomic mass is 10.0. The molecule has 1 amide bonds. The Kier molecular flexibility index (Phi) is 6.67. The maximum absolute atomic E-state index is 11.6. The van der Waals surface area contributed by atoms with Gasteiger partial charge in [0.05, 0.1) is 3.79 Å². The van der Waals surface area contributed by atoms with E-state index in [-0.39, 0.29) is 5.91 Å². The van der Waals surface area contributed by atoms with E-state index in [1.807, 2.05) is 11.3 Å². The Balaban J connectivity index is 1.90. The van der Waals surface area contributed by atoms with Crippen molar-refractivity contribution in [3.8, 4) is 0 Å². The molecule has 1 aromatic heterocycles. The highest BCUT2D eigenvalue weighted by molar-refractivity contribution is 9.11. The van der Waals surface area contributed by atoms with E-state index in [1.54, 1.807) is 0 Å². The lowest BCUT2D eigenvalue weighted by molar-refractivity contribution is -0.121. The van der Waals surface area contributed by atoms with E-state index in [0.29, 0.717) is 19.0 Å². The molecule has 2 heterocycles. The standard InChI is InChI=1S/C15H24BrN3OS/c1-11-8-13(21-15(11)16)10-19-7-3-2-4-12(19)9-18-14(20)5-6-17/h8,12H,2-7,9-10,17H2,1H3,(H,18,20). The van der Waals surface area contributed by atoms with Crippen molar-refractivity contribution >= 4 is 33.2 Å². The van der Waals surface area contributed by atoms with Crippen LogP contribution in [0.1, 0.15) is 36.1 Å². The van der Waals surface area contributed by atoms with Crippen molar-refractivity contribution in [3.05, 3.63) is 20.3 Å². The van der Waals surface area contributed by atoms with Crippen LogP contribution >= 0.6 is 27.3 Å². The molecular formula is C15H24BrN3OS. The molecule has 21 heavy (non-hydrogen) atoms. The van der Waals surface area contributed by atoms with Gasteiger partial charge >= 0.3 is 0 Å². The van der Waals surface area contributed by atoms with Crippen LogP contribution in [-0.2, 0) is 11.3 Å². The first kappa shape index (κ1) is 16.9. The number of amides is 1. The highest BCUT2D eigenvalue weighted by Gasteiger charge is 2.23. The van der Waals surface area contributed by atoms with E-state index in [4.69, 9.17) is 5.73 Å². The van der Waals surface area contributed by atoms with Crippen molar-refractivity contribution in [2.45, 2.75) is 45.2 Å². The highest BCUT2D eigenvalue weighted by Crippen LogP contribution is 2.29. The minimum Gasteiger partial charge on any atom is -0.354 e. The predicted octanol–water partition coefficient (Wildman–Crippen LogP) is 2.64. The van der Waals surface area contributed by atoms with Crippen LogP contribution in [0.3, 0.4) is 0 Å². The number of piperidine rings is 1. The molecule has 2 rings (SSSR count). The maximum atomic E-state index is 11.6. The van der Waals surface area contributed by atoms with E-state index in [2.05, 4.69) is 39.1 Å². The van der Waals surface area contributed by atoms with Crippen LogP contribution in [-0.4, -0.2) is 36.5 Å². The van der Waals surface area contributed by atoms with E-state index in [9.17, 15) is 4.79 Å². The number of hydrogen-bond donors (Lipinski definition) is 2. The summed E-state index contributed by atoms with van der Waals surface area (Å²) in [5.41, 5.74) is 6.72. The molecule has 1 fully saturated rings. The first-order valence-corrected chi connectivity index (χ1v) is 9.16. The average Bonchev–Trinajstić information content (AvgIpc) is 2.77. The van der Waals surface area contributed by atoms with Gasteiger partial charge in [-0.05, 0) is 53.9 Å². The van der Waals surface area contributed by atoms with Gasteiger partial charge in [0.2, 0.25) is 5.91 Å². The number of carbonyl (C=O) groups excluding carboxylic acids is 1. The minimum atomic E-state index is 0.0673. The average molecular weight is 374 g/mol.